The minimum absolute atomic E-state index is 0.173. The zero-order valence-electron chi connectivity index (χ0n) is 15.0. The third-order valence-electron chi connectivity index (χ3n) is 3.99. The molecule has 0 N–H and O–H groups in total. The Morgan fingerprint density at radius 3 is 2.68 bits per heavy atom. The van der Waals surface area contributed by atoms with Crippen molar-refractivity contribution >= 4 is 34.5 Å². The van der Waals surface area contributed by atoms with Gasteiger partial charge in [-0.15, -0.1) is 11.3 Å². The number of aryl methyl sites for hydroxylation is 1. The third kappa shape index (κ3) is 3.95. The number of carbonyl (C=O) groups is 1. The fourth-order valence-electron chi connectivity index (χ4n) is 2.66. The first-order chi connectivity index (χ1) is 13.3. The molecule has 144 valence electrons. The Labute approximate surface area is 168 Å². The number of nitro groups is 1. The van der Waals surface area contributed by atoms with E-state index >= 15 is 0 Å². The van der Waals surface area contributed by atoms with Gasteiger partial charge in [0.25, 0.3) is 11.6 Å². The van der Waals surface area contributed by atoms with Crippen molar-refractivity contribution in [3.8, 4) is 5.69 Å². The maximum absolute atomic E-state index is 12.8. The van der Waals surface area contributed by atoms with Crippen LogP contribution in [0.4, 0.5) is 5.69 Å². The van der Waals surface area contributed by atoms with Gasteiger partial charge < -0.3 is 4.90 Å². The van der Waals surface area contributed by atoms with Gasteiger partial charge in [-0.1, -0.05) is 23.7 Å². The van der Waals surface area contributed by atoms with Crippen LogP contribution in [0.5, 0.6) is 0 Å². The quantitative estimate of drug-likeness (QED) is 0.467. The van der Waals surface area contributed by atoms with E-state index in [1.54, 1.807) is 32.2 Å². The molecule has 0 fully saturated rings. The molecule has 0 aliphatic rings. The molecular weight excluding hydrogens is 404 g/mol. The second-order valence-corrected chi connectivity index (χ2v) is 7.82. The molecule has 0 bridgehead atoms. The molecule has 2 heterocycles. The van der Waals surface area contributed by atoms with Crippen LogP contribution in [0.2, 0.25) is 4.34 Å². The van der Waals surface area contributed by atoms with Crippen LogP contribution < -0.4 is 5.43 Å². The lowest BCUT2D eigenvalue weighted by Gasteiger charge is -2.17. The Bertz CT molecular complexity index is 1120. The molecule has 28 heavy (non-hydrogen) atoms. The Morgan fingerprint density at radius 2 is 2.04 bits per heavy atom. The van der Waals surface area contributed by atoms with E-state index in [1.807, 2.05) is 0 Å². The molecule has 0 saturated carbocycles. The van der Waals surface area contributed by atoms with Gasteiger partial charge >= 0.3 is 0 Å². The number of nitro benzene ring substituents is 1. The van der Waals surface area contributed by atoms with Gasteiger partial charge in [-0.05, 0) is 25.1 Å². The highest BCUT2D eigenvalue weighted by Gasteiger charge is 2.22. The number of halogens is 1. The van der Waals surface area contributed by atoms with E-state index in [4.69, 9.17) is 11.6 Å². The molecule has 8 nitrogen and oxygen atoms in total. The van der Waals surface area contributed by atoms with Gasteiger partial charge in [-0.3, -0.25) is 19.7 Å². The predicted molar refractivity (Wildman–Crippen MR) is 106 cm³/mol. The van der Waals surface area contributed by atoms with Crippen molar-refractivity contribution in [2.45, 2.75) is 13.5 Å². The summed E-state index contributed by atoms with van der Waals surface area (Å²) in [6.07, 6.45) is 0. The predicted octanol–water partition coefficient (Wildman–Crippen LogP) is 3.44. The number of aromatic nitrogens is 2. The molecule has 10 heteroatoms. The van der Waals surface area contributed by atoms with Gasteiger partial charge in [0.1, 0.15) is 5.69 Å². The first kappa shape index (κ1) is 19.7. The summed E-state index contributed by atoms with van der Waals surface area (Å²) in [7, 11) is 1.55. The van der Waals surface area contributed by atoms with Gasteiger partial charge in [0.15, 0.2) is 5.69 Å². The molecule has 0 unspecified atom stereocenters. The average Bonchev–Trinajstić information content (AvgIpc) is 3.06. The fourth-order valence-corrected chi connectivity index (χ4v) is 3.80. The monoisotopic (exact) mass is 418 g/mol. The van der Waals surface area contributed by atoms with E-state index < -0.39 is 16.3 Å². The number of hydrogen-bond acceptors (Lipinski definition) is 6. The van der Waals surface area contributed by atoms with Crippen molar-refractivity contribution in [3.05, 3.63) is 83.4 Å². The molecule has 0 aliphatic heterocycles. The number of carbonyl (C=O) groups excluding carboxylic acids is 1. The number of amides is 1. The Kier molecular flexibility index (Phi) is 5.57. The van der Waals surface area contributed by atoms with Crippen LogP contribution in [0.3, 0.4) is 0 Å². The topological polar surface area (TPSA) is 98.3 Å². The van der Waals surface area contributed by atoms with Gasteiger partial charge in [-0.2, -0.15) is 5.10 Å². The van der Waals surface area contributed by atoms with Crippen LogP contribution in [-0.4, -0.2) is 32.6 Å². The second kappa shape index (κ2) is 7.91. The SMILES string of the molecule is Cc1cc(=O)c(C(=O)N(C)Cc2ccc(Cl)s2)nn1-c1ccccc1[N+](=O)[O-]. The molecule has 0 saturated heterocycles. The van der Waals surface area contributed by atoms with Crippen LogP contribution in [0.25, 0.3) is 5.69 Å². The van der Waals surface area contributed by atoms with Crippen molar-refractivity contribution in [2.24, 2.45) is 0 Å². The van der Waals surface area contributed by atoms with Crippen molar-refractivity contribution < 1.29 is 9.72 Å². The van der Waals surface area contributed by atoms with E-state index in [0.717, 1.165) is 4.88 Å². The lowest BCUT2D eigenvalue weighted by molar-refractivity contribution is -0.384. The Morgan fingerprint density at radius 1 is 1.32 bits per heavy atom. The number of rotatable bonds is 5. The highest BCUT2D eigenvalue weighted by Crippen LogP contribution is 2.24. The molecule has 0 atom stereocenters. The summed E-state index contributed by atoms with van der Waals surface area (Å²) in [4.78, 5) is 38.1. The summed E-state index contributed by atoms with van der Waals surface area (Å²) >= 11 is 7.24. The van der Waals surface area contributed by atoms with Gasteiger partial charge in [-0.25, -0.2) is 4.68 Å². The Balaban J connectivity index is 2.01. The summed E-state index contributed by atoms with van der Waals surface area (Å²) in [5.41, 5.74) is -0.487. The normalized spacial score (nSPS) is 10.7. The lowest BCUT2D eigenvalue weighted by Crippen LogP contribution is -2.33. The summed E-state index contributed by atoms with van der Waals surface area (Å²) in [6.45, 7) is 1.85. The van der Waals surface area contributed by atoms with E-state index in [1.165, 1.54) is 45.2 Å². The van der Waals surface area contributed by atoms with Crippen LogP contribution >= 0.6 is 22.9 Å². The highest BCUT2D eigenvalue weighted by atomic mass is 35.5. The molecule has 3 aromatic rings. The number of nitrogens with zero attached hydrogens (tertiary/aromatic N) is 4. The number of hydrogen-bond donors (Lipinski definition) is 0. The van der Waals surface area contributed by atoms with Crippen LogP contribution in [0, 0.1) is 17.0 Å². The summed E-state index contributed by atoms with van der Waals surface area (Å²) < 4.78 is 1.84. The average molecular weight is 419 g/mol. The molecule has 0 radical (unpaired) electrons. The summed E-state index contributed by atoms with van der Waals surface area (Å²) in [5.74, 6) is -0.582. The van der Waals surface area contributed by atoms with Crippen molar-refractivity contribution in [3.63, 3.8) is 0 Å². The van der Waals surface area contributed by atoms with Gasteiger partial charge in [0.05, 0.1) is 15.8 Å². The van der Waals surface area contributed by atoms with E-state index in [0.29, 0.717) is 10.0 Å². The van der Waals surface area contributed by atoms with Crippen LogP contribution in [0.15, 0.2) is 47.3 Å². The minimum Gasteiger partial charge on any atom is -0.335 e. The molecule has 3 rings (SSSR count). The highest BCUT2D eigenvalue weighted by molar-refractivity contribution is 7.16. The summed E-state index contributed by atoms with van der Waals surface area (Å²) in [6, 6.07) is 10.8. The van der Waals surface area contributed by atoms with Gasteiger partial charge in [0.2, 0.25) is 5.43 Å². The first-order valence-corrected chi connectivity index (χ1v) is 9.32. The van der Waals surface area contributed by atoms with Crippen LogP contribution in [-0.2, 0) is 6.54 Å². The molecular formula is C18H15ClN4O4S. The largest absolute Gasteiger partial charge is 0.335 e. The molecule has 1 aromatic carbocycles. The molecule has 0 aliphatic carbocycles. The summed E-state index contributed by atoms with van der Waals surface area (Å²) in [5, 5.41) is 15.5. The van der Waals surface area contributed by atoms with Crippen LogP contribution in [0.1, 0.15) is 21.1 Å². The fraction of sp³-hybridized carbons (Fsp3) is 0.167. The maximum atomic E-state index is 12.8. The number of benzene rings is 1. The Hall–Kier alpha value is -3.04. The second-order valence-electron chi connectivity index (χ2n) is 6.02. The van der Waals surface area contributed by atoms with Gasteiger partial charge in [0, 0.05) is 29.8 Å². The standard InChI is InChI=1S/C18H15ClN4O4S/c1-11-9-15(24)17(18(25)21(2)10-12-7-8-16(19)28-12)20-22(11)13-5-3-4-6-14(13)23(26)27/h3-9H,10H2,1-2H3. The number of para-hydroxylation sites is 2. The van der Waals surface area contributed by atoms with Crippen molar-refractivity contribution in [1.29, 1.82) is 0 Å². The minimum atomic E-state index is -0.582. The van der Waals surface area contributed by atoms with E-state index in [-0.39, 0.29) is 23.6 Å². The maximum Gasteiger partial charge on any atom is 0.294 e. The molecule has 2 aromatic heterocycles. The molecule has 1 amide bonds. The van der Waals surface area contributed by atoms with E-state index in [9.17, 15) is 19.7 Å². The van der Waals surface area contributed by atoms with E-state index in [2.05, 4.69) is 5.10 Å². The lowest BCUT2D eigenvalue weighted by atomic mass is 10.2. The molecule has 0 spiro atoms. The zero-order chi connectivity index (χ0) is 20.4. The zero-order valence-corrected chi connectivity index (χ0v) is 16.5. The first-order valence-electron chi connectivity index (χ1n) is 8.12. The third-order valence-corrected chi connectivity index (χ3v) is 5.20. The van der Waals surface area contributed by atoms with Crippen molar-refractivity contribution in [1.82, 2.24) is 14.7 Å². The van der Waals surface area contributed by atoms with Crippen molar-refractivity contribution in [2.75, 3.05) is 7.05 Å². The smallest absolute Gasteiger partial charge is 0.294 e. The number of thiophene rings is 1.